The van der Waals surface area contributed by atoms with Crippen LogP contribution in [0.4, 0.5) is 5.69 Å². The molecular formula is C22H23N3O2. The highest BCUT2D eigenvalue weighted by atomic mass is 16.2. The van der Waals surface area contributed by atoms with Gasteiger partial charge in [0.2, 0.25) is 0 Å². The zero-order valence-corrected chi connectivity index (χ0v) is 16.0. The second kappa shape index (κ2) is 7.58. The van der Waals surface area contributed by atoms with Gasteiger partial charge in [0.25, 0.3) is 11.7 Å². The van der Waals surface area contributed by atoms with Crippen LogP contribution in [-0.4, -0.2) is 21.5 Å². The highest BCUT2D eigenvalue weighted by Gasteiger charge is 2.25. The third kappa shape index (κ3) is 3.82. The van der Waals surface area contributed by atoms with Gasteiger partial charge in [-0.15, -0.1) is 0 Å². The van der Waals surface area contributed by atoms with Crippen LogP contribution in [0.5, 0.6) is 0 Å². The number of carbonyl (C=O) groups excluding carboxylic acids is 2. The number of ketones is 1. The number of rotatable bonds is 5. The zero-order chi connectivity index (χ0) is 19.6. The highest BCUT2D eigenvalue weighted by Crippen LogP contribution is 2.20. The van der Waals surface area contributed by atoms with E-state index >= 15 is 0 Å². The Balaban J connectivity index is 1.83. The van der Waals surface area contributed by atoms with E-state index < -0.39 is 11.7 Å². The summed E-state index contributed by atoms with van der Waals surface area (Å²) in [6.45, 7) is 7.75. The Morgan fingerprint density at radius 1 is 0.963 bits per heavy atom. The minimum Gasteiger partial charge on any atom is -0.319 e. The first-order valence-electron chi connectivity index (χ1n) is 8.95. The number of nitrogens with zero attached hydrogens (tertiary/aromatic N) is 2. The van der Waals surface area contributed by atoms with Crippen molar-refractivity contribution in [2.45, 2.75) is 33.6 Å². The van der Waals surface area contributed by atoms with Crippen molar-refractivity contribution in [3.8, 4) is 5.69 Å². The molecule has 0 aliphatic carbocycles. The fourth-order valence-corrected chi connectivity index (χ4v) is 3.04. The van der Waals surface area contributed by atoms with E-state index in [1.165, 1.54) is 5.56 Å². The van der Waals surface area contributed by atoms with Crippen molar-refractivity contribution in [3.05, 3.63) is 77.1 Å². The SMILES string of the molecule is Cc1nn(-c2ccccc2)c(C)c1C(=O)C(=O)Nc1ccc(C(C)C)cc1. The van der Waals surface area contributed by atoms with Gasteiger partial charge in [0, 0.05) is 5.69 Å². The predicted octanol–water partition coefficient (Wildman–Crippen LogP) is 4.43. The van der Waals surface area contributed by atoms with Gasteiger partial charge in [-0.2, -0.15) is 5.10 Å². The normalized spacial score (nSPS) is 10.9. The Labute approximate surface area is 159 Å². The topological polar surface area (TPSA) is 64.0 Å². The molecule has 0 aliphatic rings. The number of hydrogen-bond donors (Lipinski definition) is 1. The van der Waals surface area contributed by atoms with Gasteiger partial charge in [-0.1, -0.05) is 44.2 Å². The van der Waals surface area contributed by atoms with Crippen LogP contribution in [0, 0.1) is 13.8 Å². The summed E-state index contributed by atoms with van der Waals surface area (Å²) < 4.78 is 1.69. The van der Waals surface area contributed by atoms with E-state index in [1.54, 1.807) is 18.5 Å². The zero-order valence-electron chi connectivity index (χ0n) is 16.0. The van der Waals surface area contributed by atoms with Crippen LogP contribution in [-0.2, 0) is 4.79 Å². The molecule has 0 saturated carbocycles. The molecule has 0 saturated heterocycles. The van der Waals surface area contributed by atoms with Crippen LogP contribution in [0.1, 0.15) is 47.1 Å². The van der Waals surface area contributed by atoms with Gasteiger partial charge < -0.3 is 5.32 Å². The van der Waals surface area contributed by atoms with E-state index in [0.29, 0.717) is 28.6 Å². The maximum Gasteiger partial charge on any atom is 0.296 e. The summed E-state index contributed by atoms with van der Waals surface area (Å²) in [5.74, 6) is -0.836. The maximum absolute atomic E-state index is 12.7. The number of Topliss-reactive ketones (excluding diaryl/α,β-unsaturated/α-hetero) is 1. The van der Waals surface area contributed by atoms with Gasteiger partial charge in [0.05, 0.1) is 22.6 Å². The summed E-state index contributed by atoms with van der Waals surface area (Å²) in [4.78, 5) is 25.2. The number of anilines is 1. The molecule has 5 heteroatoms. The van der Waals surface area contributed by atoms with Crippen molar-refractivity contribution in [2.75, 3.05) is 5.32 Å². The Morgan fingerprint density at radius 2 is 1.59 bits per heavy atom. The first-order valence-corrected chi connectivity index (χ1v) is 8.95. The fraction of sp³-hybridized carbons (Fsp3) is 0.227. The monoisotopic (exact) mass is 361 g/mol. The summed E-state index contributed by atoms with van der Waals surface area (Å²) in [5, 5.41) is 7.12. The number of para-hydroxylation sites is 1. The summed E-state index contributed by atoms with van der Waals surface area (Å²) in [6, 6.07) is 17.1. The Kier molecular flexibility index (Phi) is 5.21. The first kappa shape index (κ1) is 18.6. The molecule has 0 spiro atoms. The van der Waals surface area contributed by atoms with Crippen molar-refractivity contribution in [2.24, 2.45) is 0 Å². The molecule has 0 aliphatic heterocycles. The molecule has 27 heavy (non-hydrogen) atoms. The van der Waals surface area contributed by atoms with E-state index in [1.807, 2.05) is 54.6 Å². The smallest absolute Gasteiger partial charge is 0.296 e. The van der Waals surface area contributed by atoms with E-state index in [-0.39, 0.29) is 0 Å². The number of benzene rings is 2. The third-order valence-electron chi connectivity index (χ3n) is 4.56. The second-order valence-corrected chi connectivity index (χ2v) is 6.85. The lowest BCUT2D eigenvalue weighted by Gasteiger charge is -2.08. The van der Waals surface area contributed by atoms with Gasteiger partial charge in [-0.25, -0.2) is 4.68 Å². The molecule has 3 aromatic rings. The maximum atomic E-state index is 12.7. The number of aromatic nitrogens is 2. The summed E-state index contributed by atoms with van der Waals surface area (Å²) in [7, 11) is 0. The summed E-state index contributed by atoms with van der Waals surface area (Å²) >= 11 is 0. The van der Waals surface area contributed by atoms with Crippen LogP contribution in [0.15, 0.2) is 54.6 Å². The average Bonchev–Trinajstić information content (AvgIpc) is 2.96. The van der Waals surface area contributed by atoms with Crippen LogP contribution in [0.2, 0.25) is 0 Å². The molecule has 0 unspecified atom stereocenters. The minimum absolute atomic E-state index is 0.343. The van der Waals surface area contributed by atoms with E-state index in [4.69, 9.17) is 0 Å². The standard InChI is InChI=1S/C22H23N3O2/c1-14(2)17-10-12-18(13-11-17)23-22(27)21(26)20-15(3)24-25(16(20)4)19-8-6-5-7-9-19/h5-14H,1-4H3,(H,23,27). The van der Waals surface area contributed by atoms with E-state index in [2.05, 4.69) is 24.3 Å². The molecule has 1 N–H and O–H groups in total. The Bertz CT molecular complexity index is 971. The van der Waals surface area contributed by atoms with Crippen molar-refractivity contribution in [3.63, 3.8) is 0 Å². The number of nitrogens with one attached hydrogen (secondary N) is 1. The summed E-state index contributed by atoms with van der Waals surface area (Å²) in [5.41, 5.74) is 4.15. The Morgan fingerprint density at radius 3 is 2.19 bits per heavy atom. The lowest BCUT2D eigenvalue weighted by molar-refractivity contribution is -0.112. The number of amides is 1. The van der Waals surface area contributed by atoms with E-state index in [0.717, 1.165) is 5.69 Å². The average molecular weight is 361 g/mol. The second-order valence-electron chi connectivity index (χ2n) is 6.85. The molecule has 1 aromatic heterocycles. The third-order valence-corrected chi connectivity index (χ3v) is 4.56. The summed E-state index contributed by atoms with van der Waals surface area (Å²) in [6.07, 6.45) is 0. The van der Waals surface area contributed by atoms with Crippen molar-refractivity contribution in [1.82, 2.24) is 9.78 Å². The number of aryl methyl sites for hydroxylation is 1. The van der Waals surface area contributed by atoms with Crippen molar-refractivity contribution < 1.29 is 9.59 Å². The van der Waals surface area contributed by atoms with Crippen LogP contribution in [0.3, 0.4) is 0 Å². The Hall–Kier alpha value is -3.21. The minimum atomic E-state index is -0.661. The highest BCUT2D eigenvalue weighted by molar-refractivity contribution is 6.47. The quantitative estimate of drug-likeness (QED) is 0.540. The molecule has 1 heterocycles. The van der Waals surface area contributed by atoms with Crippen molar-refractivity contribution >= 4 is 17.4 Å². The van der Waals surface area contributed by atoms with Crippen LogP contribution in [0.25, 0.3) is 5.69 Å². The van der Waals surface area contributed by atoms with Crippen LogP contribution >= 0.6 is 0 Å². The molecular weight excluding hydrogens is 338 g/mol. The first-order chi connectivity index (χ1) is 12.9. The van der Waals surface area contributed by atoms with Gasteiger partial charge in [-0.3, -0.25) is 9.59 Å². The lowest BCUT2D eigenvalue weighted by Crippen LogP contribution is -2.24. The molecule has 0 radical (unpaired) electrons. The van der Waals surface area contributed by atoms with Crippen LogP contribution < -0.4 is 5.32 Å². The molecule has 0 bridgehead atoms. The molecule has 0 fully saturated rings. The number of hydrogen-bond acceptors (Lipinski definition) is 3. The molecule has 1 amide bonds. The van der Waals surface area contributed by atoms with Crippen molar-refractivity contribution in [1.29, 1.82) is 0 Å². The largest absolute Gasteiger partial charge is 0.319 e. The number of carbonyl (C=O) groups is 2. The lowest BCUT2D eigenvalue weighted by atomic mass is 10.0. The molecule has 2 aromatic carbocycles. The van der Waals surface area contributed by atoms with E-state index in [9.17, 15) is 9.59 Å². The molecule has 0 atom stereocenters. The molecule has 3 rings (SSSR count). The predicted molar refractivity (Wildman–Crippen MR) is 107 cm³/mol. The van der Waals surface area contributed by atoms with Gasteiger partial charge >= 0.3 is 0 Å². The molecule has 5 nitrogen and oxygen atoms in total. The fourth-order valence-electron chi connectivity index (χ4n) is 3.04. The molecule has 138 valence electrons. The van der Waals surface area contributed by atoms with Gasteiger partial charge in [0.1, 0.15) is 0 Å². The van der Waals surface area contributed by atoms with Gasteiger partial charge in [-0.05, 0) is 49.6 Å². The van der Waals surface area contributed by atoms with Gasteiger partial charge in [0.15, 0.2) is 0 Å².